The van der Waals surface area contributed by atoms with Crippen LogP contribution in [0.15, 0.2) is 11.2 Å². The number of nitrogens with one attached hydrogen (secondary N) is 1. The average molecular weight is 270 g/mol. The minimum absolute atomic E-state index is 0.00408. The summed E-state index contributed by atoms with van der Waals surface area (Å²) in [5, 5.41) is 8.84. The Kier molecular flexibility index (Phi) is 4.14. The van der Waals surface area contributed by atoms with Crippen LogP contribution in [0.5, 0.6) is 0 Å². The van der Waals surface area contributed by atoms with Gasteiger partial charge in [0, 0.05) is 19.3 Å². The maximum atomic E-state index is 12.0. The summed E-state index contributed by atoms with van der Waals surface area (Å²) in [6.07, 6.45) is 1.50. The van der Waals surface area contributed by atoms with Crippen molar-refractivity contribution in [3.63, 3.8) is 0 Å². The normalized spacial score (nSPS) is 12.4. The van der Waals surface area contributed by atoms with Crippen LogP contribution in [0.1, 0.15) is 26.6 Å². The molecular formula is C11H18N4O2S. The molecule has 0 fully saturated rings. The molecule has 0 radical (unpaired) electrons. The highest BCUT2D eigenvalue weighted by Crippen LogP contribution is 2.14. The van der Waals surface area contributed by atoms with Crippen LogP contribution >= 0.6 is 0 Å². The van der Waals surface area contributed by atoms with Crippen molar-refractivity contribution in [3.8, 4) is 6.07 Å². The van der Waals surface area contributed by atoms with Gasteiger partial charge in [-0.05, 0) is 27.7 Å². The largest absolute Gasteiger partial charge is 0.334 e. The van der Waals surface area contributed by atoms with E-state index in [0.29, 0.717) is 12.4 Å². The quantitative estimate of drug-likeness (QED) is 0.866. The van der Waals surface area contributed by atoms with Gasteiger partial charge in [-0.25, -0.2) is 18.1 Å². The molecule has 1 heterocycles. The standard InChI is InChI=1S/C11H18N4O2S/c1-5-15-6-10(14-9(15)2)18(16,17)13-8-11(3,4)7-12/h6,13H,5,8H2,1-4H3. The molecule has 1 rings (SSSR count). The average Bonchev–Trinajstić information content (AvgIpc) is 2.69. The van der Waals surface area contributed by atoms with Gasteiger partial charge in [-0.15, -0.1) is 0 Å². The van der Waals surface area contributed by atoms with E-state index >= 15 is 0 Å². The van der Waals surface area contributed by atoms with Crippen LogP contribution in [0.4, 0.5) is 0 Å². The smallest absolute Gasteiger partial charge is 0.259 e. The van der Waals surface area contributed by atoms with Crippen molar-refractivity contribution in [1.82, 2.24) is 14.3 Å². The van der Waals surface area contributed by atoms with Crippen molar-refractivity contribution in [2.75, 3.05) is 6.54 Å². The van der Waals surface area contributed by atoms with Crippen LogP contribution in [0, 0.1) is 23.7 Å². The van der Waals surface area contributed by atoms with Gasteiger partial charge in [0.15, 0.2) is 5.03 Å². The lowest BCUT2D eigenvalue weighted by Crippen LogP contribution is -2.33. The number of nitrogens with zero attached hydrogens (tertiary/aromatic N) is 3. The number of rotatable bonds is 5. The molecule has 0 aliphatic rings. The van der Waals surface area contributed by atoms with Gasteiger partial charge in [0.25, 0.3) is 10.0 Å². The fourth-order valence-corrected chi connectivity index (χ4v) is 2.53. The van der Waals surface area contributed by atoms with Gasteiger partial charge in [-0.1, -0.05) is 0 Å². The molecule has 1 aromatic heterocycles. The molecule has 0 aromatic carbocycles. The predicted molar refractivity (Wildman–Crippen MR) is 67.2 cm³/mol. The fourth-order valence-electron chi connectivity index (χ4n) is 1.32. The SMILES string of the molecule is CCn1cc(S(=O)(=O)NCC(C)(C)C#N)nc1C. The Labute approximate surface area is 108 Å². The molecule has 0 saturated carbocycles. The number of imidazole rings is 1. The third-order valence-electron chi connectivity index (χ3n) is 2.58. The van der Waals surface area contributed by atoms with E-state index in [1.165, 1.54) is 6.20 Å². The van der Waals surface area contributed by atoms with Gasteiger partial charge < -0.3 is 4.57 Å². The Hall–Kier alpha value is -1.39. The van der Waals surface area contributed by atoms with Crippen LogP contribution in [0.25, 0.3) is 0 Å². The van der Waals surface area contributed by atoms with Crippen molar-refractivity contribution >= 4 is 10.0 Å². The molecule has 0 aliphatic carbocycles. The van der Waals surface area contributed by atoms with Crippen molar-refractivity contribution < 1.29 is 8.42 Å². The third-order valence-corrected chi connectivity index (χ3v) is 3.85. The second kappa shape index (κ2) is 5.08. The summed E-state index contributed by atoms with van der Waals surface area (Å²) in [6, 6.07) is 2.04. The lowest BCUT2D eigenvalue weighted by atomic mass is 9.97. The zero-order valence-corrected chi connectivity index (χ0v) is 11.9. The minimum Gasteiger partial charge on any atom is -0.334 e. The maximum Gasteiger partial charge on any atom is 0.259 e. The number of nitriles is 1. The van der Waals surface area contributed by atoms with Crippen molar-refractivity contribution in [1.29, 1.82) is 5.26 Å². The number of hydrogen-bond acceptors (Lipinski definition) is 4. The Morgan fingerprint density at radius 2 is 2.17 bits per heavy atom. The molecule has 0 amide bonds. The Morgan fingerprint density at radius 1 is 1.56 bits per heavy atom. The first-order valence-corrected chi connectivity index (χ1v) is 7.15. The number of aromatic nitrogens is 2. The summed E-state index contributed by atoms with van der Waals surface area (Å²) in [6.45, 7) is 7.73. The van der Waals surface area contributed by atoms with E-state index in [0.717, 1.165) is 0 Å². The van der Waals surface area contributed by atoms with Gasteiger partial charge >= 0.3 is 0 Å². The Balaban J connectivity index is 2.91. The second-order valence-electron chi connectivity index (χ2n) is 4.73. The van der Waals surface area contributed by atoms with E-state index in [9.17, 15) is 8.42 Å². The van der Waals surface area contributed by atoms with Gasteiger partial charge in [0.05, 0.1) is 11.5 Å². The lowest BCUT2D eigenvalue weighted by molar-refractivity contribution is 0.478. The van der Waals surface area contributed by atoms with E-state index in [1.54, 1.807) is 25.3 Å². The van der Waals surface area contributed by atoms with Crippen LogP contribution in [0.3, 0.4) is 0 Å². The predicted octanol–water partition coefficient (Wildman–Crippen LogP) is 1.04. The molecule has 0 saturated heterocycles. The summed E-state index contributed by atoms with van der Waals surface area (Å²) < 4.78 is 28.1. The first kappa shape index (κ1) is 14.7. The van der Waals surface area contributed by atoms with E-state index in [2.05, 4.69) is 9.71 Å². The van der Waals surface area contributed by atoms with Gasteiger partial charge in [0.2, 0.25) is 0 Å². The molecule has 100 valence electrons. The molecule has 1 aromatic rings. The maximum absolute atomic E-state index is 12.0. The van der Waals surface area contributed by atoms with E-state index in [1.807, 2.05) is 13.0 Å². The van der Waals surface area contributed by atoms with Crippen LogP contribution in [0.2, 0.25) is 0 Å². The zero-order chi connectivity index (χ0) is 14.0. The van der Waals surface area contributed by atoms with Crippen molar-refractivity contribution in [2.24, 2.45) is 5.41 Å². The van der Waals surface area contributed by atoms with Crippen LogP contribution in [-0.2, 0) is 16.6 Å². The third kappa shape index (κ3) is 3.31. The summed E-state index contributed by atoms with van der Waals surface area (Å²) in [4.78, 5) is 4.01. The molecular weight excluding hydrogens is 252 g/mol. The second-order valence-corrected chi connectivity index (χ2v) is 6.45. The zero-order valence-electron chi connectivity index (χ0n) is 11.1. The highest BCUT2D eigenvalue weighted by atomic mass is 32.2. The molecule has 0 aliphatic heterocycles. The highest BCUT2D eigenvalue weighted by molar-refractivity contribution is 7.89. The molecule has 7 heteroatoms. The fraction of sp³-hybridized carbons (Fsp3) is 0.636. The van der Waals surface area contributed by atoms with Crippen molar-refractivity contribution in [2.45, 2.75) is 39.3 Å². The monoisotopic (exact) mass is 270 g/mol. The number of aryl methyl sites for hydroxylation is 2. The Morgan fingerprint density at radius 3 is 2.61 bits per heavy atom. The van der Waals surface area contributed by atoms with E-state index in [-0.39, 0.29) is 11.6 Å². The number of sulfonamides is 1. The van der Waals surface area contributed by atoms with E-state index in [4.69, 9.17) is 5.26 Å². The molecule has 6 nitrogen and oxygen atoms in total. The molecule has 18 heavy (non-hydrogen) atoms. The van der Waals surface area contributed by atoms with Gasteiger partial charge in [0.1, 0.15) is 5.82 Å². The first-order valence-electron chi connectivity index (χ1n) is 5.66. The van der Waals surface area contributed by atoms with Crippen LogP contribution < -0.4 is 4.72 Å². The summed E-state index contributed by atoms with van der Waals surface area (Å²) >= 11 is 0. The van der Waals surface area contributed by atoms with Crippen LogP contribution in [-0.4, -0.2) is 24.5 Å². The minimum atomic E-state index is -3.65. The van der Waals surface area contributed by atoms with Gasteiger partial charge in [-0.3, -0.25) is 0 Å². The molecule has 0 atom stereocenters. The first-order chi connectivity index (χ1) is 8.22. The Bertz CT molecular complexity index is 566. The molecule has 0 unspecified atom stereocenters. The number of hydrogen-bond donors (Lipinski definition) is 1. The lowest BCUT2D eigenvalue weighted by Gasteiger charge is -2.14. The summed E-state index contributed by atoms with van der Waals surface area (Å²) in [7, 11) is -3.65. The van der Waals surface area contributed by atoms with Crippen molar-refractivity contribution in [3.05, 3.63) is 12.0 Å². The molecule has 0 bridgehead atoms. The van der Waals surface area contributed by atoms with Gasteiger partial charge in [-0.2, -0.15) is 5.26 Å². The molecule has 0 spiro atoms. The highest BCUT2D eigenvalue weighted by Gasteiger charge is 2.24. The summed E-state index contributed by atoms with van der Waals surface area (Å²) in [5.74, 6) is 0.650. The molecule has 1 N–H and O–H groups in total. The summed E-state index contributed by atoms with van der Waals surface area (Å²) in [5.41, 5.74) is -0.741. The van der Waals surface area contributed by atoms with E-state index < -0.39 is 15.4 Å². The topological polar surface area (TPSA) is 87.8 Å².